The minimum absolute atomic E-state index is 0.0385. The number of hydrogen-bond acceptors (Lipinski definition) is 3. The number of piperidine rings is 1. The number of anilines is 1. The Labute approximate surface area is 125 Å². The standard InChI is InChI=1S/C16H22N2O3/c19-15(17-13-6-2-1-3-7-13)12-18-11-5-4-8-14(18)9-10-16(20)21/h1-3,6-7,14H,4-5,8-12H2,(H,17,19)(H,20,21). The molecule has 0 radical (unpaired) electrons. The topological polar surface area (TPSA) is 69.6 Å². The van der Waals surface area contributed by atoms with E-state index >= 15 is 0 Å². The molecular weight excluding hydrogens is 268 g/mol. The summed E-state index contributed by atoms with van der Waals surface area (Å²) in [5.41, 5.74) is 0.793. The predicted octanol–water partition coefficient (Wildman–Crippen LogP) is 2.34. The maximum atomic E-state index is 12.1. The van der Waals surface area contributed by atoms with E-state index in [2.05, 4.69) is 10.2 Å². The number of rotatable bonds is 6. The van der Waals surface area contributed by atoms with Crippen LogP contribution in [-0.4, -0.2) is 41.0 Å². The number of hydrogen-bond donors (Lipinski definition) is 2. The van der Waals surface area contributed by atoms with E-state index in [4.69, 9.17) is 5.11 Å². The van der Waals surface area contributed by atoms with Crippen molar-refractivity contribution in [2.24, 2.45) is 0 Å². The number of benzene rings is 1. The van der Waals surface area contributed by atoms with E-state index in [0.717, 1.165) is 31.5 Å². The van der Waals surface area contributed by atoms with Gasteiger partial charge in [0, 0.05) is 18.2 Å². The lowest BCUT2D eigenvalue weighted by atomic mass is 9.98. The number of carboxylic acids is 1. The first-order chi connectivity index (χ1) is 10.1. The van der Waals surface area contributed by atoms with Crippen molar-refractivity contribution >= 4 is 17.6 Å². The molecule has 1 atom stereocenters. The van der Waals surface area contributed by atoms with Crippen LogP contribution in [-0.2, 0) is 9.59 Å². The van der Waals surface area contributed by atoms with Gasteiger partial charge in [0.2, 0.25) is 5.91 Å². The molecule has 0 aliphatic carbocycles. The molecule has 5 nitrogen and oxygen atoms in total. The number of nitrogens with one attached hydrogen (secondary N) is 1. The van der Waals surface area contributed by atoms with Gasteiger partial charge in [-0.3, -0.25) is 14.5 Å². The Kier molecular flexibility index (Phi) is 5.75. The molecule has 114 valence electrons. The van der Waals surface area contributed by atoms with Crippen molar-refractivity contribution in [2.75, 3.05) is 18.4 Å². The van der Waals surface area contributed by atoms with E-state index in [-0.39, 0.29) is 18.4 Å². The van der Waals surface area contributed by atoms with Crippen molar-refractivity contribution in [3.8, 4) is 0 Å². The van der Waals surface area contributed by atoms with Crippen LogP contribution in [0.25, 0.3) is 0 Å². The largest absolute Gasteiger partial charge is 0.481 e. The first-order valence-corrected chi connectivity index (χ1v) is 7.46. The molecule has 1 unspecified atom stereocenters. The molecule has 1 fully saturated rings. The van der Waals surface area contributed by atoms with Gasteiger partial charge in [0.15, 0.2) is 0 Å². The highest BCUT2D eigenvalue weighted by molar-refractivity contribution is 5.92. The van der Waals surface area contributed by atoms with E-state index in [1.54, 1.807) is 0 Å². The molecule has 2 N–H and O–H groups in total. The van der Waals surface area contributed by atoms with Crippen molar-refractivity contribution in [2.45, 2.75) is 38.1 Å². The van der Waals surface area contributed by atoms with Crippen LogP contribution in [0.3, 0.4) is 0 Å². The molecule has 1 aromatic rings. The minimum Gasteiger partial charge on any atom is -0.481 e. The highest BCUT2D eigenvalue weighted by Gasteiger charge is 2.24. The fourth-order valence-corrected chi connectivity index (χ4v) is 2.79. The number of carbonyl (C=O) groups excluding carboxylic acids is 1. The fraction of sp³-hybridized carbons (Fsp3) is 0.500. The van der Waals surface area contributed by atoms with Gasteiger partial charge in [0.05, 0.1) is 6.54 Å². The van der Waals surface area contributed by atoms with Gasteiger partial charge in [-0.15, -0.1) is 0 Å². The Balaban J connectivity index is 1.86. The number of nitrogens with zero attached hydrogens (tertiary/aromatic N) is 1. The maximum Gasteiger partial charge on any atom is 0.303 e. The molecule has 21 heavy (non-hydrogen) atoms. The SMILES string of the molecule is O=C(O)CCC1CCCCN1CC(=O)Nc1ccccc1. The summed E-state index contributed by atoms with van der Waals surface area (Å²) in [6.07, 6.45) is 3.95. The van der Waals surface area contributed by atoms with Crippen molar-refractivity contribution in [1.82, 2.24) is 4.90 Å². The smallest absolute Gasteiger partial charge is 0.303 e. The van der Waals surface area contributed by atoms with Crippen LogP contribution < -0.4 is 5.32 Å². The van der Waals surface area contributed by atoms with E-state index in [1.807, 2.05) is 30.3 Å². The number of carbonyl (C=O) groups is 2. The molecule has 2 rings (SSSR count). The summed E-state index contributed by atoms with van der Waals surface area (Å²) in [6, 6.07) is 9.59. The van der Waals surface area contributed by atoms with Crippen LogP contribution in [0.5, 0.6) is 0 Å². The molecule has 1 aliphatic rings. The molecule has 0 saturated carbocycles. The van der Waals surface area contributed by atoms with Crippen molar-refractivity contribution in [3.63, 3.8) is 0 Å². The minimum atomic E-state index is -0.769. The summed E-state index contributed by atoms with van der Waals surface area (Å²) >= 11 is 0. The lowest BCUT2D eigenvalue weighted by Gasteiger charge is -2.35. The second-order valence-corrected chi connectivity index (χ2v) is 5.47. The van der Waals surface area contributed by atoms with Crippen LogP contribution in [0.15, 0.2) is 30.3 Å². The Morgan fingerprint density at radius 3 is 2.71 bits per heavy atom. The van der Waals surface area contributed by atoms with Gasteiger partial charge in [0.1, 0.15) is 0 Å². The quantitative estimate of drug-likeness (QED) is 0.843. The maximum absolute atomic E-state index is 12.1. The zero-order valence-electron chi connectivity index (χ0n) is 12.1. The van der Waals surface area contributed by atoms with Gasteiger partial charge in [-0.1, -0.05) is 24.6 Å². The molecule has 0 spiro atoms. The number of likely N-dealkylation sites (tertiary alicyclic amines) is 1. The molecule has 5 heteroatoms. The number of para-hydroxylation sites is 1. The second kappa shape index (κ2) is 7.78. The average Bonchev–Trinajstić information content (AvgIpc) is 2.47. The van der Waals surface area contributed by atoms with E-state index < -0.39 is 5.97 Å². The van der Waals surface area contributed by atoms with E-state index in [0.29, 0.717) is 13.0 Å². The summed E-state index contributed by atoms with van der Waals surface area (Å²) in [5.74, 6) is -0.808. The zero-order chi connectivity index (χ0) is 15.1. The third-order valence-electron chi connectivity index (χ3n) is 3.84. The highest BCUT2D eigenvalue weighted by atomic mass is 16.4. The zero-order valence-corrected chi connectivity index (χ0v) is 12.1. The van der Waals surface area contributed by atoms with Gasteiger partial charge in [-0.05, 0) is 37.9 Å². The van der Waals surface area contributed by atoms with Crippen molar-refractivity contribution < 1.29 is 14.7 Å². The molecule has 1 amide bonds. The summed E-state index contributed by atoms with van der Waals surface area (Å²) < 4.78 is 0. The highest BCUT2D eigenvalue weighted by Crippen LogP contribution is 2.20. The summed E-state index contributed by atoms with van der Waals surface area (Å²) in [7, 11) is 0. The molecule has 0 aromatic heterocycles. The predicted molar refractivity (Wildman–Crippen MR) is 81.2 cm³/mol. The Hall–Kier alpha value is -1.88. The van der Waals surface area contributed by atoms with Crippen molar-refractivity contribution in [3.05, 3.63) is 30.3 Å². The number of aliphatic carboxylic acids is 1. The lowest BCUT2D eigenvalue weighted by Crippen LogP contribution is -2.44. The van der Waals surface area contributed by atoms with Gasteiger partial charge < -0.3 is 10.4 Å². The van der Waals surface area contributed by atoms with Gasteiger partial charge in [-0.25, -0.2) is 0 Å². The summed E-state index contributed by atoms with van der Waals surface area (Å²) in [4.78, 5) is 24.9. The second-order valence-electron chi connectivity index (χ2n) is 5.47. The first-order valence-electron chi connectivity index (χ1n) is 7.46. The third kappa shape index (κ3) is 5.19. The Morgan fingerprint density at radius 2 is 2.00 bits per heavy atom. The van der Waals surface area contributed by atoms with Gasteiger partial charge >= 0.3 is 5.97 Å². The molecule has 1 heterocycles. The molecule has 1 saturated heterocycles. The Bertz CT molecular complexity index is 476. The summed E-state index contributed by atoms with van der Waals surface area (Å²) in [5, 5.41) is 11.7. The lowest BCUT2D eigenvalue weighted by molar-refractivity contribution is -0.137. The molecule has 0 bridgehead atoms. The van der Waals surface area contributed by atoms with Crippen LogP contribution in [0, 0.1) is 0 Å². The number of amides is 1. The van der Waals surface area contributed by atoms with Gasteiger partial charge in [0.25, 0.3) is 0 Å². The van der Waals surface area contributed by atoms with Crippen LogP contribution in [0.1, 0.15) is 32.1 Å². The molecular formula is C16H22N2O3. The molecule has 1 aromatic carbocycles. The monoisotopic (exact) mass is 290 g/mol. The third-order valence-corrected chi connectivity index (χ3v) is 3.84. The fourth-order valence-electron chi connectivity index (χ4n) is 2.79. The normalized spacial score (nSPS) is 19.1. The van der Waals surface area contributed by atoms with Gasteiger partial charge in [-0.2, -0.15) is 0 Å². The van der Waals surface area contributed by atoms with E-state index in [1.165, 1.54) is 0 Å². The van der Waals surface area contributed by atoms with Crippen molar-refractivity contribution in [1.29, 1.82) is 0 Å². The Morgan fingerprint density at radius 1 is 1.24 bits per heavy atom. The number of carboxylic acid groups (broad SMARTS) is 1. The summed E-state index contributed by atoms with van der Waals surface area (Å²) in [6.45, 7) is 1.20. The van der Waals surface area contributed by atoms with Crippen LogP contribution in [0.4, 0.5) is 5.69 Å². The van der Waals surface area contributed by atoms with Crippen LogP contribution >= 0.6 is 0 Å². The first kappa shape index (κ1) is 15.5. The van der Waals surface area contributed by atoms with Crippen LogP contribution in [0.2, 0.25) is 0 Å². The molecule has 1 aliphatic heterocycles. The average molecular weight is 290 g/mol. The van der Waals surface area contributed by atoms with E-state index in [9.17, 15) is 9.59 Å².